The number of hydrogen-bond acceptors (Lipinski definition) is 3. The van der Waals surface area contributed by atoms with E-state index in [2.05, 4.69) is 24.5 Å². The van der Waals surface area contributed by atoms with Crippen LogP contribution in [0, 0.1) is 11.7 Å². The van der Waals surface area contributed by atoms with Crippen molar-refractivity contribution in [1.29, 1.82) is 0 Å². The predicted octanol–water partition coefficient (Wildman–Crippen LogP) is 2.94. The molecule has 0 spiro atoms. The molecule has 3 unspecified atom stereocenters. The van der Waals surface area contributed by atoms with Crippen molar-refractivity contribution >= 4 is 5.91 Å². The number of carbonyl (C=O) groups excluding carboxylic acids is 1. The molecule has 1 saturated carbocycles. The van der Waals surface area contributed by atoms with Gasteiger partial charge in [-0.15, -0.1) is 0 Å². The molecule has 1 aliphatic heterocycles. The number of amides is 1. The van der Waals surface area contributed by atoms with Crippen molar-refractivity contribution in [1.82, 2.24) is 10.6 Å². The fourth-order valence-corrected chi connectivity index (χ4v) is 3.52. The molecule has 1 aliphatic carbocycles. The Kier molecular flexibility index (Phi) is 5.51. The van der Waals surface area contributed by atoms with Gasteiger partial charge in [-0.1, -0.05) is 12.1 Å². The summed E-state index contributed by atoms with van der Waals surface area (Å²) < 4.78 is 19.0. The molecule has 4 nitrogen and oxygen atoms in total. The zero-order valence-corrected chi connectivity index (χ0v) is 14.4. The third-order valence-corrected chi connectivity index (χ3v) is 4.80. The second-order valence-electron chi connectivity index (χ2n) is 7.27. The van der Waals surface area contributed by atoms with Crippen molar-refractivity contribution in [3.05, 3.63) is 35.6 Å². The molecule has 0 aromatic heterocycles. The number of nitrogens with one attached hydrogen (secondary N) is 2. The summed E-state index contributed by atoms with van der Waals surface area (Å²) in [7, 11) is 0. The van der Waals surface area contributed by atoms with Gasteiger partial charge in [0, 0.05) is 6.04 Å². The lowest BCUT2D eigenvalue weighted by molar-refractivity contribution is -0.123. The first kappa shape index (κ1) is 17.4. The molecule has 1 aromatic carbocycles. The summed E-state index contributed by atoms with van der Waals surface area (Å²) in [6, 6.07) is 6.08. The third kappa shape index (κ3) is 4.77. The largest absolute Gasteiger partial charge is 0.376 e. The summed E-state index contributed by atoms with van der Waals surface area (Å²) in [5.74, 6) is 0.185. The number of rotatable bonds is 6. The summed E-state index contributed by atoms with van der Waals surface area (Å²) in [5.41, 5.74) is 0.808. The van der Waals surface area contributed by atoms with Crippen molar-refractivity contribution in [2.75, 3.05) is 6.54 Å². The second-order valence-corrected chi connectivity index (χ2v) is 7.27. The van der Waals surface area contributed by atoms with Crippen molar-refractivity contribution in [3.63, 3.8) is 0 Å². The molecule has 1 amide bonds. The van der Waals surface area contributed by atoms with Crippen LogP contribution in [0.15, 0.2) is 24.3 Å². The Morgan fingerprint density at radius 1 is 1.21 bits per heavy atom. The standard InChI is InChI=1S/C19H27FN2O2/c1-12-9-14(10-13(2)24-12)11-21-18(19(23)22-17-7-8-17)15-3-5-16(20)6-4-15/h3-6,12-14,17-18,21H,7-11H2,1-2H3,(H,22,23). The topological polar surface area (TPSA) is 50.4 Å². The fourth-order valence-electron chi connectivity index (χ4n) is 3.52. The average molecular weight is 334 g/mol. The van der Waals surface area contributed by atoms with E-state index < -0.39 is 6.04 Å². The molecule has 1 saturated heterocycles. The summed E-state index contributed by atoms with van der Waals surface area (Å²) in [5, 5.41) is 6.46. The van der Waals surface area contributed by atoms with Crippen molar-refractivity contribution in [3.8, 4) is 0 Å². The third-order valence-electron chi connectivity index (χ3n) is 4.80. The lowest BCUT2D eigenvalue weighted by Crippen LogP contribution is -2.42. The summed E-state index contributed by atoms with van der Waals surface area (Å²) in [6.07, 6.45) is 4.61. The minimum absolute atomic E-state index is 0.0164. The molecule has 132 valence electrons. The maximum Gasteiger partial charge on any atom is 0.241 e. The van der Waals surface area contributed by atoms with Crippen LogP contribution in [0.4, 0.5) is 4.39 Å². The second kappa shape index (κ2) is 7.62. The molecule has 3 atom stereocenters. The van der Waals surface area contributed by atoms with Crippen LogP contribution in [0.1, 0.15) is 51.1 Å². The van der Waals surface area contributed by atoms with E-state index in [9.17, 15) is 9.18 Å². The molecule has 3 rings (SSSR count). The highest BCUT2D eigenvalue weighted by Crippen LogP contribution is 2.26. The first-order chi connectivity index (χ1) is 11.5. The Bertz CT molecular complexity index is 549. The molecule has 5 heteroatoms. The number of halogens is 1. The van der Waals surface area contributed by atoms with Crippen LogP contribution >= 0.6 is 0 Å². The molecule has 1 heterocycles. The normalized spacial score (nSPS) is 28.4. The van der Waals surface area contributed by atoms with E-state index in [1.807, 2.05) is 0 Å². The molecule has 2 aliphatic rings. The van der Waals surface area contributed by atoms with Gasteiger partial charge in [0.15, 0.2) is 0 Å². The van der Waals surface area contributed by atoms with Crippen LogP contribution in [0.25, 0.3) is 0 Å². The average Bonchev–Trinajstić information content (AvgIpc) is 3.32. The molecule has 24 heavy (non-hydrogen) atoms. The zero-order valence-electron chi connectivity index (χ0n) is 14.4. The van der Waals surface area contributed by atoms with E-state index >= 15 is 0 Å². The van der Waals surface area contributed by atoms with Crippen molar-refractivity contribution in [2.24, 2.45) is 5.92 Å². The molecule has 0 bridgehead atoms. The van der Waals surface area contributed by atoms with Crippen LogP contribution in [-0.4, -0.2) is 30.7 Å². The molecule has 0 radical (unpaired) electrons. The smallest absolute Gasteiger partial charge is 0.241 e. The van der Waals surface area contributed by atoms with Gasteiger partial charge in [0.25, 0.3) is 0 Å². The van der Waals surface area contributed by atoms with Crippen LogP contribution < -0.4 is 10.6 Å². The Balaban J connectivity index is 1.64. The molecule has 2 fully saturated rings. The van der Waals surface area contributed by atoms with Crippen molar-refractivity contribution in [2.45, 2.75) is 63.8 Å². The zero-order chi connectivity index (χ0) is 17.1. The first-order valence-corrected chi connectivity index (χ1v) is 8.96. The van der Waals surface area contributed by atoms with Crippen LogP contribution in [-0.2, 0) is 9.53 Å². The highest BCUT2D eigenvalue weighted by molar-refractivity contribution is 5.83. The summed E-state index contributed by atoms with van der Waals surface area (Å²) in [4.78, 5) is 12.6. The van der Waals surface area contributed by atoms with Crippen LogP contribution in [0.5, 0.6) is 0 Å². The molecular weight excluding hydrogens is 307 g/mol. The Labute approximate surface area is 143 Å². The fraction of sp³-hybridized carbons (Fsp3) is 0.632. The minimum Gasteiger partial charge on any atom is -0.376 e. The van der Waals surface area contributed by atoms with E-state index in [1.165, 1.54) is 12.1 Å². The van der Waals surface area contributed by atoms with Gasteiger partial charge in [0.05, 0.1) is 12.2 Å². The number of carbonyl (C=O) groups is 1. The van der Waals surface area contributed by atoms with Gasteiger partial charge in [0.2, 0.25) is 5.91 Å². The van der Waals surface area contributed by atoms with E-state index in [0.29, 0.717) is 12.0 Å². The summed E-state index contributed by atoms with van der Waals surface area (Å²) in [6.45, 7) is 4.96. The van der Waals surface area contributed by atoms with Gasteiger partial charge in [-0.2, -0.15) is 0 Å². The van der Waals surface area contributed by atoms with Gasteiger partial charge < -0.3 is 15.4 Å². The highest BCUT2D eigenvalue weighted by atomic mass is 19.1. The molecule has 1 aromatic rings. The van der Waals surface area contributed by atoms with Gasteiger partial charge in [-0.05, 0) is 69.7 Å². The molecular formula is C19H27FN2O2. The van der Waals surface area contributed by atoms with Gasteiger partial charge in [-0.3, -0.25) is 4.79 Å². The summed E-state index contributed by atoms with van der Waals surface area (Å²) >= 11 is 0. The minimum atomic E-state index is -0.431. The lowest BCUT2D eigenvalue weighted by Gasteiger charge is -2.33. The number of benzene rings is 1. The van der Waals surface area contributed by atoms with Gasteiger partial charge >= 0.3 is 0 Å². The first-order valence-electron chi connectivity index (χ1n) is 8.96. The van der Waals surface area contributed by atoms with Crippen LogP contribution in [0.2, 0.25) is 0 Å². The SMILES string of the molecule is CC1CC(CNC(C(=O)NC2CC2)c2ccc(F)cc2)CC(C)O1. The Morgan fingerprint density at radius 2 is 1.83 bits per heavy atom. The number of hydrogen-bond donors (Lipinski definition) is 2. The van der Waals surface area contributed by atoms with Crippen LogP contribution in [0.3, 0.4) is 0 Å². The quantitative estimate of drug-likeness (QED) is 0.841. The Morgan fingerprint density at radius 3 is 2.42 bits per heavy atom. The molecule has 2 N–H and O–H groups in total. The number of ether oxygens (including phenoxy) is 1. The maximum atomic E-state index is 13.2. The van der Waals surface area contributed by atoms with Gasteiger partial charge in [-0.25, -0.2) is 4.39 Å². The van der Waals surface area contributed by atoms with E-state index in [-0.39, 0.29) is 23.9 Å². The van der Waals surface area contributed by atoms with E-state index in [0.717, 1.165) is 37.8 Å². The highest BCUT2D eigenvalue weighted by Gasteiger charge is 2.30. The predicted molar refractivity (Wildman–Crippen MR) is 91.0 cm³/mol. The van der Waals surface area contributed by atoms with Crippen molar-refractivity contribution < 1.29 is 13.9 Å². The van der Waals surface area contributed by atoms with Gasteiger partial charge in [0.1, 0.15) is 11.9 Å². The monoisotopic (exact) mass is 334 g/mol. The van der Waals surface area contributed by atoms with E-state index in [4.69, 9.17) is 4.74 Å². The van der Waals surface area contributed by atoms with E-state index in [1.54, 1.807) is 12.1 Å². The lowest BCUT2D eigenvalue weighted by atomic mass is 9.92. The maximum absolute atomic E-state index is 13.2. The Hall–Kier alpha value is -1.46.